The van der Waals surface area contributed by atoms with E-state index in [4.69, 9.17) is 0 Å². The van der Waals surface area contributed by atoms with E-state index in [1.165, 1.54) is 32.2 Å². The average molecular weight is 584 g/mol. The van der Waals surface area contributed by atoms with Crippen LogP contribution in [0.2, 0.25) is 0 Å². The summed E-state index contributed by atoms with van der Waals surface area (Å²) in [6.45, 7) is 1.24. The molecule has 214 valence electrons. The maximum atomic E-state index is 13.2. The Morgan fingerprint density at radius 2 is 1.62 bits per heavy atom. The van der Waals surface area contributed by atoms with E-state index in [0.717, 1.165) is 4.90 Å². The molecule has 4 N–H and O–H groups in total. The van der Waals surface area contributed by atoms with Gasteiger partial charge in [-0.3, -0.25) is 9.59 Å². The highest BCUT2D eigenvalue weighted by molar-refractivity contribution is 7.89. The van der Waals surface area contributed by atoms with Crippen LogP contribution in [0.4, 0.5) is 32.0 Å². The number of hydrogen-bond donors (Lipinski definition) is 4. The number of halogens is 6. The second kappa shape index (κ2) is 10.4. The molecule has 2 amide bonds. The number of carbonyl (C=O) groups is 2. The standard InChI is InChI=1S/C23H23F6N3O6S/c1-3-17(33)20(35)32-11-12-10-15(39(37,38)30-2)8-9-16(12)18(32)19(34)31-14-6-4-13(5-7-14)21(36,22(24,25)26)23(27,28)29/h4-10,17-18,30,33,36H,3,11H2,1-2H3,(H,31,34). The van der Waals surface area contributed by atoms with E-state index in [2.05, 4.69) is 10.0 Å². The van der Waals surface area contributed by atoms with E-state index < -0.39 is 57.5 Å². The smallest absolute Gasteiger partial charge is 0.383 e. The van der Waals surface area contributed by atoms with E-state index in [1.807, 2.05) is 0 Å². The number of nitrogens with zero attached hydrogens (tertiary/aromatic N) is 1. The summed E-state index contributed by atoms with van der Waals surface area (Å²) in [4.78, 5) is 26.8. The van der Waals surface area contributed by atoms with Gasteiger partial charge >= 0.3 is 12.4 Å². The second-order valence-electron chi connectivity index (χ2n) is 8.63. The lowest BCUT2D eigenvalue weighted by Crippen LogP contribution is -2.53. The van der Waals surface area contributed by atoms with Gasteiger partial charge in [-0.25, -0.2) is 13.1 Å². The molecule has 9 nitrogen and oxygen atoms in total. The van der Waals surface area contributed by atoms with Gasteiger partial charge in [-0.1, -0.05) is 25.1 Å². The average Bonchev–Trinajstić information content (AvgIpc) is 3.25. The van der Waals surface area contributed by atoms with Gasteiger partial charge in [0.15, 0.2) is 0 Å². The zero-order valence-electron chi connectivity index (χ0n) is 20.3. The molecule has 3 rings (SSSR count). The van der Waals surface area contributed by atoms with Gasteiger partial charge in [-0.15, -0.1) is 0 Å². The summed E-state index contributed by atoms with van der Waals surface area (Å²) in [5.74, 6) is -1.80. The molecule has 0 fully saturated rings. The lowest BCUT2D eigenvalue weighted by Gasteiger charge is -2.32. The number of alkyl halides is 6. The van der Waals surface area contributed by atoms with E-state index in [1.54, 1.807) is 0 Å². The van der Waals surface area contributed by atoms with Gasteiger partial charge in [0.25, 0.3) is 17.4 Å². The Bertz CT molecular complexity index is 1350. The zero-order chi connectivity index (χ0) is 29.6. The highest BCUT2D eigenvalue weighted by Gasteiger charge is 2.71. The summed E-state index contributed by atoms with van der Waals surface area (Å²) >= 11 is 0. The minimum Gasteiger partial charge on any atom is -0.383 e. The van der Waals surface area contributed by atoms with Crippen molar-refractivity contribution >= 4 is 27.5 Å². The maximum absolute atomic E-state index is 13.2. The molecular formula is C23H23F6N3O6S. The van der Waals surface area contributed by atoms with Crippen LogP contribution in [0, 0.1) is 0 Å². The van der Waals surface area contributed by atoms with E-state index in [0.29, 0.717) is 24.3 Å². The van der Waals surface area contributed by atoms with Crippen LogP contribution >= 0.6 is 0 Å². The van der Waals surface area contributed by atoms with Gasteiger partial charge in [-0.05, 0) is 48.9 Å². The number of amides is 2. The van der Waals surface area contributed by atoms with Crippen molar-refractivity contribution in [3.8, 4) is 0 Å². The minimum atomic E-state index is -6.09. The predicted octanol–water partition coefficient (Wildman–Crippen LogP) is 2.70. The fraction of sp³-hybridized carbons (Fsp3) is 0.391. The molecule has 2 aromatic rings. The van der Waals surface area contributed by atoms with Crippen molar-refractivity contribution in [2.24, 2.45) is 0 Å². The lowest BCUT2D eigenvalue weighted by molar-refractivity contribution is -0.376. The molecule has 0 aromatic heterocycles. The molecule has 0 bridgehead atoms. The molecule has 1 heterocycles. The highest BCUT2D eigenvalue weighted by atomic mass is 32.2. The summed E-state index contributed by atoms with van der Waals surface area (Å²) in [5.41, 5.74) is -6.49. The Kier molecular flexibility index (Phi) is 8.09. The van der Waals surface area contributed by atoms with Crippen LogP contribution in [0.1, 0.15) is 36.1 Å². The number of nitrogens with one attached hydrogen (secondary N) is 2. The summed E-state index contributed by atoms with van der Waals surface area (Å²) in [6, 6.07) is 4.39. The third-order valence-corrected chi connectivity index (χ3v) is 7.65. The number of aliphatic hydroxyl groups is 2. The number of aliphatic hydroxyl groups excluding tert-OH is 1. The topological polar surface area (TPSA) is 136 Å². The monoisotopic (exact) mass is 583 g/mol. The SMILES string of the molecule is CCC(O)C(=O)N1Cc2cc(S(=O)(=O)NC)ccc2C1C(=O)Nc1ccc(C(O)(C(F)(F)F)C(F)(F)F)cc1. The van der Waals surface area contributed by atoms with Crippen molar-refractivity contribution in [1.29, 1.82) is 0 Å². The predicted molar refractivity (Wildman–Crippen MR) is 123 cm³/mol. The Balaban J connectivity index is 1.97. The maximum Gasteiger partial charge on any atom is 0.430 e. The first-order chi connectivity index (χ1) is 17.9. The number of fused-ring (bicyclic) bond motifs is 1. The normalized spacial score (nSPS) is 17.1. The van der Waals surface area contributed by atoms with Crippen LogP contribution in [-0.2, 0) is 31.8 Å². The van der Waals surface area contributed by atoms with Crippen molar-refractivity contribution in [2.45, 2.75) is 54.9 Å². The third kappa shape index (κ3) is 5.46. The summed E-state index contributed by atoms with van der Waals surface area (Å²) in [7, 11) is -2.70. The first kappa shape index (κ1) is 30.3. The van der Waals surface area contributed by atoms with Crippen molar-refractivity contribution in [3.63, 3.8) is 0 Å². The van der Waals surface area contributed by atoms with Gasteiger partial charge < -0.3 is 20.4 Å². The molecule has 39 heavy (non-hydrogen) atoms. The second-order valence-corrected chi connectivity index (χ2v) is 10.5. The van der Waals surface area contributed by atoms with Gasteiger partial charge in [0, 0.05) is 17.8 Å². The number of carbonyl (C=O) groups excluding carboxylic acids is 2. The Labute approximate surface area is 218 Å². The number of rotatable bonds is 7. The first-order valence-electron chi connectivity index (χ1n) is 11.2. The van der Waals surface area contributed by atoms with Crippen LogP contribution in [0.15, 0.2) is 47.4 Å². The molecule has 0 spiro atoms. The largest absolute Gasteiger partial charge is 0.430 e. The molecule has 0 saturated carbocycles. The molecular weight excluding hydrogens is 560 g/mol. The molecule has 1 aliphatic rings. The molecule has 1 aliphatic heterocycles. The molecule has 0 radical (unpaired) electrons. The molecule has 2 atom stereocenters. The van der Waals surface area contributed by atoms with Crippen molar-refractivity contribution in [3.05, 3.63) is 59.2 Å². The molecule has 0 aliphatic carbocycles. The van der Waals surface area contributed by atoms with Crippen LogP contribution < -0.4 is 10.0 Å². The number of anilines is 1. The molecule has 2 unspecified atom stereocenters. The summed E-state index contributed by atoms with van der Waals surface area (Å²) in [6.07, 6.45) is -13.7. The van der Waals surface area contributed by atoms with Crippen molar-refractivity contribution < 1.29 is 54.6 Å². The van der Waals surface area contributed by atoms with Crippen molar-refractivity contribution in [1.82, 2.24) is 9.62 Å². The zero-order valence-corrected chi connectivity index (χ0v) is 21.1. The number of sulfonamides is 1. The van der Waals surface area contributed by atoms with E-state index in [-0.39, 0.29) is 34.7 Å². The van der Waals surface area contributed by atoms with Crippen LogP contribution in [0.25, 0.3) is 0 Å². The number of hydrogen-bond acceptors (Lipinski definition) is 6. The summed E-state index contributed by atoms with van der Waals surface area (Å²) in [5, 5.41) is 21.9. The van der Waals surface area contributed by atoms with Gasteiger partial charge in [0.1, 0.15) is 12.1 Å². The van der Waals surface area contributed by atoms with Gasteiger partial charge in [0.05, 0.1) is 4.90 Å². The number of benzene rings is 2. The van der Waals surface area contributed by atoms with E-state index in [9.17, 15) is 54.6 Å². The van der Waals surface area contributed by atoms with Crippen LogP contribution in [0.3, 0.4) is 0 Å². The van der Waals surface area contributed by atoms with Crippen LogP contribution in [-0.4, -0.2) is 60.8 Å². The minimum absolute atomic E-state index is 0.0117. The van der Waals surface area contributed by atoms with E-state index >= 15 is 0 Å². The fourth-order valence-corrected chi connectivity index (χ4v) is 4.84. The highest BCUT2D eigenvalue weighted by Crippen LogP contribution is 2.50. The Morgan fingerprint density at radius 3 is 2.10 bits per heavy atom. The third-order valence-electron chi connectivity index (χ3n) is 6.23. The fourth-order valence-electron chi connectivity index (χ4n) is 4.06. The van der Waals surface area contributed by atoms with Crippen LogP contribution in [0.5, 0.6) is 0 Å². The Hall–Kier alpha value is -3.21. The molecule has 0 saturated heterocycles. The Morgan fingerprint density at radius 1 is 1.05 bits per heavy atom. The quantitative estimate of drug-likeness (QED) is 0.370. The summed E-state index contributed by atoms with van der Waals surface area (Å²) < 4.78 is 105. The van der Waals surface area contributed by atoms with Gasteiger partial charge in [-0.2, -0.15) is 26.3 Å². The van der Waals surface area contributed by atoms with Crippen molar-refractivity contribution in [2.75, 3.05) is 12.4 Å². The molecule has 2 aromatic carbocycles. The first-order valence-corrected chi connectivity index (χ1v) is 12.7. The lowest BCUT2D eigenvalue weighted by atomic mass is 9.92. The molecule has 16 heteroatoms. The van der Waals surface area contributed by atoms with Gasteiger partial charge in [0.2, 0.25) is 10.0 Å².